The highest BCUT2D eigenvalue weighted by Crippen LogP contribution is 2.26. The molecule has 1 aromatic carbocycles. The normalized spacial score (nSPS) is 10.2. The van der Waals surface area contributed by atoms with Gasteiger partial charge in [-0.3, -0.25) is 9.59 Å². The summed E-state index contributed by atoms with van der Waals surface area (Å²) in [4.78, 5) is 25.3. The minimum absolute atomic E-state index is 0.0166. The second kappa shape index (κ2) is 6.89. The Morgan fingerprint density at radius 1 is 1.30 bits per heavy atom. The van der Waals surface area contributed by atoms with Gasteiger partial charge in [0.05, 0.1) is 6.54 Å². The fourth-order valence-corrected chi connectivity index (χ4v) is 2.18. The molecule has 1 aromatic rings. The molecular formula is C16H22N2O2. The molecule has 1 N–H and O–H groups in total. The molecular weight excluding hydrogens is 252 g/mol. The van der Waals surface area contributed by atoms with Gasteiger partial charge in [-0.2, -0.15) is 0 Å². The fourth-order valence-electron chi connectivity index (χ4n) is 2.18. The number of hydrogen-bond donors (Lipinski definition) is 1. The number of rotatable bonds is 5. The lowest BCUT2D eigenvalue weighted by Crippen LogP contribution is -2.44. The van der Waals surface area contributed by atoms with Crippen LogP contribution in [-0.2, 0) is 9.59 Å². The van der Waals surface area contributed by atoms with E-state index >= 15 is 0 Å². The van der Waals surface area contributed by atoms with Crippen LogP contribution in [0.2, 0.25) is 0 Å². The summed E-state index contributed by atoms with van der Waals surface area (Å²) in [6.45, 7) is 11.2. The van der Waals surface area contributed by atoms with E-state index in [0.717, 1.165) is 22.9 Å². The first-order valence-electron chi connectivity index (χ1n) is 6.67. The lowest BCUT2D eigenvalue weighted by molar-refractivity contribution is -0.122. The van der Waals surface area contributed by atoms with Crippen molar-refractivity contribution >= 4 is 17.5 Å². The van der Waals surface area contributed by atoms with E-state index in [0.29, 0.717) is 0 Å². The fraction of sp³-hybridized carbons (Fsp3) is 0.375. The maximum absolute atomic E-state index is 12.4. The van der Waals surface area contributed by atoms with E-state index in [-0.39, 0.29) is 24.4 Å². The smallest absolute Gasteiger partial charge is 0.246 e. The van der Waals surface area contributed by atoms with E-state index < -0.39 is 0 Å². The van der Waals surface area contributed by atoms with Gasteiger partial charge in [0.15, 0.2) is 0 Å². The summed E-state index contributed by atoms with van der Waals surface area (Å²) in [6, 6.07) is 5.94. The molecule has 0 fully saturated rings. The Morgan fingerprint density at radius 3 is 2.30 bits per heavy atom. The number of amides is 2. The van der Waals surface area contributed by atoms with Crippen LogP contribution in [0.4, 0.5) is 5.69 Å². The SMILES string of the molecule is C=CC(=O)NCC(=O)N(c1c(C)cccc1C)C(C)C. The second-order valence-electron chi connectivity index (χ2n) is 5.02. The minimum Gasteiger partial charge on any atom is -0.343 e. The van der Waals surface area contributed by atoms with Crippen molar-refractivity contribution in [2.75, 3.05) is 11.4 Å². The molecule has 0 bridgehead atoms. The van der Waals surface area contributed by atoms with Gasteiger partial charge in [0.2, 0.25) is 11.8 Å². The quantitative estimate of drug-likeness (QED) is 0.838. The average molecular weight is 274 g/mol. The predicted molar refractivity (Wildman–Crippen MR) is 81.7 cm³/mol. The van der Waals surface area contributed by atoms with Gasteiger partial charge in [0, 0.05) is 11.7 Å². The molecule has 0 saturated heterocycles. The standard InChI is InChI=1S/C16H22N2O2/c1-6-14(19)17-10-15(20)18(11(2)3)16-12(4)8-7-9-13(16)5/h6-9,11H,1,10H2,2-5H3,(H,17,19). The third kappa shape index (κ3) is 3.70. The Hall–Kier alpha value is -2.10. The molecule has 108 valence electrons. The molecule has 0 aliphatic carbocycles. The van der Waals surface area contributed by atoms with Crippen molar-refractivity contribution in [3.05, 3.63) is 42.0 Å². The topological polar surface area (TPSA) is 49.4 Å². The third-order valence-corrected chi connectivity index (χ3v) is 3.06. The molecule has 0 atom stereocenters. The number of anilines is 1. The zero-order chi connectivity index (χ0) is 15.3. The molecule has 0 radical (unpaired) electrons. The van der Waals surface area contributed by atoms with Crippen molar-refractivity contribution in [3.8, 4) is 0 Å². The number of carbonyl (C=O) groups is 2. The summed E-state index contributed by atoms with van der Waals surface area (Å²) in [6.07, 6.45) is 1.16. The maximum atomic E-state index is 12.4. The molecule has 2 amide bonds. The Kier molecular flexibility index (Phi) is 5.50. The first-order valence-corrected chi connectivity index (χ1v) is 6.67. The van der Waals surface area contributed by atoms with E-state index in [4.69, 9.17) is 0 Å². The van der Waals surface area contributed by atoms with Crippen molar-refractivity contribution in [2.45, 2.75) is 33.7 Å². The minimum atomic E-state index is -0.344. The van der Waals surface area contributed by atoms with Crippen LogP contribution in [0.15, 0.2) is 30.9 Å². The van der Waals surface area contributed by atoms with Crippen LogP contribution in [0, 0.1) is 13.8 Å². The van der Waals surface area contributed by atoms with Gasteiger partial charge in [-0.25, -0.2) is 0 Å². The van der Waals surface area contributed by atoms with Crippen molar-refractivity contribution in [2.24, 2.45) is 0 Å². The number of benzene rings is 1. The number of nitrogens with one attached hydrogen (secondary N) is 1. The third-order valence-electron chi connectivity index (χ3n) is 3.06. The largest absolute Gasteiger partial charge is 0.343 e. The first-order chi connectivity index (χ1) is 9.38. The molecule has 20 heavy (non-hydrogen) atoms. The Balaban J connectivity index is 3.03. The van der Waals surface area contributed by atoms with E-state index in [1.165, 1.54) is 0 Å². The first kappa shape index (κ1) is 16.0. The summed E-state index contributed by atoms with van der Waals surface area (Å²) in [7, 11) is 0. The number of hydrogen-bond acceptors (Lipinski definition) is 2. The number of carbonyl (C=O) groups excluding carboxylic acids is 2. The van der Waals surface area contributed by atoms with Crippen LogP contribution in [0.3, 0.4) is 0 Å². The highest BCUT2D eigenvalue weighted by molar-refractivity contribution is 5.99. The van der Waals surface area contributed by atoms with Crippen LogP contribution < -0.4 is 10.2 Å². The Labute approximate surface area is 120 Å². The van der Waals surface area contributed by atoms with Crippen molar-refractivity contribution in [1.82, 2.24) is 5.32 Å². The van der Waals surface area contributed by atoms with E-state index in [1.807, 2.05) is 45.9 Å². The summed E-state index contributed by atoms with van der Waals surface area (Å²) >= 11 is 0. The number of nitrogens with zero attached hydrogens (tertiary/aromatic N) is 1. The highest BCUT2D eigenvalue weighted by Gasteiger charge is 2.22. The maximum Gasteiger partial charge on any atom is 0.246 e. The zero-order valence-electron chi connectivity index (χ0n) is 12.6. The predicted octanol–water partition coefficient (Wildman–Crippen LogP) is 2.35. The molecule has 0 heterocycles. The molecule has 0 aliphatic rings. The Morgan fingerprint density at radius 2 is 1.85 bits per heavy atom. The van der Waals surface area contributed by atoms with E-state index in [2.05, 4.69) is 11.9 Å². The molecule has 0 aliphatic heterocycles. The molecule has 1 rings (SSSR count). The summed E-state index contributed by atoms with van der Waals surface area (Å²) < 4.78 is 0. The zero-order valence-corrected chi connectivity index (χ0v) is 12.6. The molecule has 4 nitrogen and oxygen atoms in total. The van der Waals surface area contributed by atoms with E-state index in [9.17, 15) is 9.59 Å². The van der Waals surface area contributed by atoms with Gasteiger partial charge in [0.1, 0.15) is 0 Å². The lowest BCUT2D eigenvalue weighted by Gasteiger charge is -2.30. The van der Waals surface area contributed by atoms with Crippen molar-refractivity contribution < 1.29 is 9.59 Å². The van der Waals surface area contributed by atoms with Gasteiger partial charge in [-0.15, -0.1) is 0 Å². The van der Waals surface area contributed by atoms with Gasteiger partial charge < -0.3 is 10.2 Å². The molecule has 4 heteroatoms. The number of aryl methyl sites for hydroxylation is 2. The van der Waals surface area contributed by atoms with Crippen LogP contribution in [0.5, 0.6) is 0 Å². The molecule has 0 spiro atoms. The van der Waals surface area contributed by atoms with Gasteiger partial charge in [-0.1, -0.05) is 24.8 Å². The van der Waals surface area contributed by atoms with E-state index in [1.54, 1.807) is 4.90 Å². The van der Waals surface area contributed by atoms with Crippen LogP contribution in [-0.4, -0.2) is 24.4 Å². The summed E-state index contributed by atoms with van der Waals surface area (Å²) in [5.74, 6) is -0.476. The molecule has 0 unspecified atom stereocenters. The van der Waals surface area contributed by atoms with Crippen molar-refractivity contribution in [1.29, 1.82) is 0 Å². The van der Waals surface area contributed by atoms with Crippen molar-refractivity contribution in [3.63, 3.8) is 0 Å². The number of para-hydroxylation sites is 1. The summed E-state index contributed by atoms with van der Waals surface area (Å²) in [5.41, 5.74) is 3.00. The van der Waals surface area contributed by atoms with Crippen LogP contribution in [0.25, 0.3) is 0 Å². The molecule has 0 saturated carbocycles. The summed E-state index contributed by atoms with van der Waals surface area (Å²) in [5, 5.41) is 2.53. The van der Waals surface area contributed by atoms with Gasteiger partial charge in [0.25, 0.3) is 0 Å². The monoisotopic (exact) mass is 274 g/mol. The Bertz CT molecular complexity index is 501. The average Bonchev–Trinajstić information content (AvgIpc) is 2.39. The highest BCUT2D eigenvalue weighted by atomic mass is 16.2. The lowest BCUT2D eigenvalue weighted by atomic mass is 10.1. The van der Waals surface area contributed by atoms with Gasteiger partial charge >= 0.3 is 0 Å². The van der Waals surface area contributed by atoms with Crippen LogP contribution in [0.1, 0.15) is 25.0 Å². The molecule has 0 aromatic heterocycles. The van der Waals surface area contributed by atoms with Crippen LogP contribution >= 0.6 is 0 Å². The second-order valence-corrected chi connectivity index (χ2v) is 5.02. The van der Waals surface area contributed by atoms with Gasteiger partial charge in [-0.05, 0) is 44.9 Å².